The number of nitrogens with two attached hydrogens (primary N) is 1. The van der Waals surface area contributed by atoms with Gasteiger partial charge >= 0.3 is 0 Å². The van der Waals surface area contributed by atoms with Crippen LogP contribution < -0.4 is 5.73 Å². The molecule has 5 rings (SSSR count). The first-order valence-corrected chi connectivity index (χ1v) is 9.49. The second kappa shape index (κ2) is 7.73. The van der Waals surface area contributed by atoms with Gasteiger partial charge in [0.1, 0.15) is 11.5 Å². The van der Waals surface area contributed by atoms with E-state index in [0.29, 0.717) is 11.1 Å². The van der Waals surface area contributed by atoms with E-state index in [2.05, 4.69) is 25.0 Å². The molecule has 0 fully saturated rings. The van der Waals surface area contributed by atoms with Gasteiger partial charge in [0.05, 0.1) is 5.52 Å². The van der Waals surface area contributed by atoms with Crippen LogP contribution in [0.15, 0.2) is 67.3 Å². The van der Waals surface area contributed by atoms with Crippen LogP contribution in [0.5, 0.6) is 0 Å². The van der Waals surface area contributed by atoms with Crippen LogP contribution in [0, 0.1) is 11.6 Å². The third-order valence-corrected chi connectivity index (χ3v) is 4.92. The number of imidazole rings is 1. The molecular weight excluding hydrogens is 419 g/mol. The average molecular weight is 433 g/mol. The lowest BCUT2D eigenvalue weighted by Gasteiger charge is -2.08. The summed E-state index contributed by atoms with van der Waals surface area (Å²) in [6.07, 6.45) is 4.14. The largest absolute Gasteiger partial charge is 0.383 e. The Balaban J connectivity index is 1.64. The Hall–Kier alpha value is -4.34. The normalized spacial score (nSPS) is 12.2. The predicted molar refractivity (Wildman–Crippen MR) is 111 cm³/mol. The summed E-state index contributed by atoms with van der Waals surface area (Å²) < 4.78 is 44.4. The monoisotopic (exact) mass is 433 g/mol. The first-order valence-electron chi connectivity index (χ1n) is 9.49. The maximum absolute atomic E-state index is 15.3. The minimum atomic E-state index is -2.08. The number of pyridine rings is 1. The van der Waals surface area contributed by atoms with E-state index in [-0.39, 0.29) is 23.2 Å². The van der Waals surface area contributed by atoms with Gasteiger partial charge in [0, 0.05) is 41.5 Å². The van der Waals surface area contributed by atoms with Crippen molar-refractivity contribution in [3.8, 4) is 22.6 Å². The Morgan fingerprint density at radius 3 is 2.56 bits per heavy atom. The second-order valence-corrected chi connectivity index (χ2v) is 6.88. The first-order chi connectivity index (χ1) is 15.5. The van der Waals surface area contributed by atoms with Crippen LogP contribution >= 0.6 is 0 Å². The summed E-state index contributed by atoms with van der Waals surface area (Å²) in [6, 6.07) is 10.2. The van der Waals surface area contributed by atoms with Gasteiger partial charge in [-0.25, -0.2) is 32.6 Å². The van der Waals surface area contributed by atoms with Crippen molar-refractivity contribution in [2.75, 3.05) is 5.73 Å². The van der Waals surface area contributed by atoms with Crippen molar-refractivity contribution >= 4 is 11.3 Å². The highest BCUT2D eigenvalue weighted by atomic mass is 19.2. The zero-order valence-corrected chi connectivity index (χ0v) is 16.3. The first kappa shape index (κ1) is 19.6. The van der Waals surface area contributed by atoms with Crippen molar-refractivity contribution < 1.29 is 13.2 Å². The molecule has 32 heavy (non-hydrogen) atoms. The lowest BCUT2D eigenvalue weighted by atomic mass is 10.1. The smallest absolute Gasteiger partial charge is 0.187 e. The van der Waals surface area contributed by atoms with Crippen molar-refractivity contribution in [1.82, 2.24) is 29.5 Å². The predicted octanol–water partition coefficient (Wildman–Crippen LogP) is 4.17. The molecule has 1 unspecified atom stereocenters. The summed E-state index contributed by atoms with van der Waals surface area (Å²) >= 11 is 0. The number of nitrogen functional groups attached to an aromatic ring is 1. The van der Waals surface area contributed by atoms with E-state index in [1.807, 2.05) is 6.07 Å². The summed E-state index contributed by atoms with van der Waals surface area (Å²) in [5.41, 5.74) is 7.55. The Morgan fingerprint density at radius 1 is 0.938 bits per heavy atom. The van der Waals surface area contributed by atoms with Crippen LogP contribution in [0.25, 0.3) is 28.2 Å². The van der Waals surface area contributed by atoms with Gasteiger partial charge < -0.3 is 5.73 Å². The van der Waals surface area contributed by atoms with E-state index < -0.39 is 23.4 Å². The lowest BCUT2D eigenvalue weighted by Crippen LogP contribution is -2.06. The molecule has 158 valence electrons. The fourth-order valence-corrected chi connectivity index (χ4v) is 3.39. The molecule has 0 spiro atoms. The van der Waals surface area contributed by atoms with E-state index in [0.717, 1.165) is 17.7 Å². The van der Waals surface area contributed by atoms with E-state index in [9.17, 15) is 8.78 Å². The molecule has 10 heteroatoms. The molecule has 0 radical (unpaired) electrons. The molecule has 1 aromatic carbocycles. The number of alkyl halides is 1. The molecule has 0 saturated heterocycles. The maximum Gasteiger partial charge on any atom is 0.187 e. The zero-order chi connectivity index (χ0) is 22.2. The van der Waals surface area contributed by atoms with Crippen molar-refractivity contribution in [1.29, 1.82) is 0 Å². The van der Waals surface area contributed by atoms with Crippen molar-refractivity contribution in [3.63, 3.8) is 0 Å². The molecule has 5 aromatic rings. The molecule has 1 atom stereocenters. The zero-order valence-electron chi connectivity index (χ0n) is 16.3. The number of nitrogens with zero attached hydrogens (tertiary/aromatic N) is 6. The Kier molecular flexibility index (Phi) is 4.74. The van der Waals surface area contributed by atoms with Crippen LogP contribution in [0.2, 0.25) is 0 Å². The van der Waals surface area contributed by atoms with E-state index in [1.54, 1.807) is 30.6 Å². The minimum Gasteiger partial charge on any atom is -0.383 e. The number of hydrogen-bond donors (Lipinski definition) is 1. The summed E-state index contributed by atoms with van der Waals surface area (Å²) in [5.74, 6) is -2.35. The van der Waals surface area contributed by atoms with Crippen LogP contribution in [0.1, 0.15) is 17.6 Å². The highest BCUT2D eigenvalue weighted by Crippen LogP contribution is 2.33. The fourth-order valence-electron chi connectivity index (χ4n) is 3.39. The molecule has 0 aliphatic rings. The third-order valence-electron chi connectivity index (χ3n) is 4.92. The van der Waals surface area contributed by atoms with Gasteiger partial charge in [-0.15, -0.1) is 0 Å². The van der Waals surface area contributed by atoms with Crippen LogP contribution in [-0.4, -0.2) is 29.5 Å². The quantitative estimate of drug-likeness (QED) is 0.457. The van der Waals surface area contributed by atoms with Gasteiger partial charge in [-0.05, 0) is 24.3 Å². The van der Waals surface area contributed by atoms with E-state index in [1.165, 1.54) is 23.0 Å². The molecule has 0 aliphatic carbocycles. The standard InChI is InChI=1S/C22H14F3N7/c23-15-6-1-5-13(17(15)24)18(25)22-30-19(16-7-3-9-29-32(16)22)21-28-11-14(20(26)31-21)12-4-2-8-27-10-12/h1-11,18H,(H2,26,28,31). The van der Waals surface area contributed by atoms with Gasteiger partial charge in [0.25, 0.3) is 0 Å². The highest BCUT2D eigenvalue weighted by Gasteiger charge is 2.27. The number of rotatable bonds is 4. The van der Waals surface area contributed by atoms with E-state index in [4.69, 9.17) is 5.73 Å². The molecule has 0 aliphatic heterocycles. The fraction of sp³-hybridized carbons (Fsp3) is 0.0455. The molecule has 0 saturated carbocycles. The number of benzene rings is 1. The second-order valence-electron chi connectivity index (χ2n) is 6.88. The summed E-state index contributed by atoms with van der Waals surface area (Å²) in [6.45, 7) is 0. The number of halogens is 3. The van der Waals surface area contributed by atoms with Gasteiger partial charge in [-0.1, -0.05) is 18.2 Å². The average Bonchev–Trinajstić information content (AvgIpc) is 3.21. The molecule has 7 nitrogen and oxygen atoms in total. The van der Waals surface area contributed by atoms with Gasteiger partial charge in [-0.3, -0.25) is 4.98 Å². The molecule has 0 amide bonds. The SMILES string of the molecule is Nc1nc(-c2nc(C(F)c3cccc(F)c3F)n3ncccc23)ncc1-c1cccnc1. The van der Waals surface area contributed by atoms with Crippen LogP contribution in [0.3, 0.4) is 0 Å². The number of fused-ring (bicyclic) bond motifs is 1. The third kappa shape index (κ3) is 3.22. The molecule has 4 heterocycles. The Morgan fingerprint density at radius 2 is 1.78 bits per heavy atom. The van der Waals surface area contributed by atoms with Crippen LogP contribution in [0.4, 0.5) is 19.0 Å². The number of anilines is 1. The summed E-state index contributed by atoms with van der Waals surface area (Å²) in [4.78, 5) is 17.0. The topological polar surface area (TPSA) is 94.9 Å². The Bertz CT molecular complexity index is 1440. The highest BCUT2D eigenvalue weighted by molar-refractivity contribution is 5.77. The van der Waals surface area contributed by atoms with Crippen LogP contribution in [-0.2, 0) is 0 Å². The van der Waals surface area contributed by atoms with Gasteiger partial charge in [-0.2, -0.15) is 5.10 Å². The lowest BCUT2D eigenvalue weighted by molar-refractivity contribution is 0.359. The molecule has 0 bridgehead atoms. The van der Waals surface area contributed by atoms with Crippen molar-refractivity contribution in [2.24, 2.45) is 0 Å². The van der Waals surface area contributed by atoms with E-state index >= 15 is 4.39 Å². The van der Waals surface area contributed by atoms with Crippen molar-refractivity contribution in [3.05, 3.63) is 90.3 Å². The summed E-state index contributed by atoms with van der Waals surface area (Å²) in [5, 5.41) is 4.12. The molecule has 4 aromatic heterocycles. The molecular formula is C22H14F3N7. The number of aromatic nitrogens is 6. The van der Waals surface area contributed by atoms with Gasteiger partial charge in [0.15, 0.2) is 29.5 Å². The molecule has 2 N–H and O–H groups in total. The maximum atomic E-state index is 15.3. The minimum absolute atomic E-state index is 0.138. The van der Waals surface area contributed by atoms with Gasteiger partial charge in [0.2, 0.25) is 0 Å². The van der Waals surface area contributed by atoms with Crippen molar-refractivity contribution in [2.45, 2.75) is 6.17 Å². The Labute approximate surface area is 179 Å². The summed E-state index contributed by atoms with van der Waals surface area (Å²) in [7, 11) is 0. The number of hydrogen-bond acceptors (Lipinski definition) is 6.